The van der Waals surface area contributed by atoms with E-state index in [4.69, 9.17) is 9.47 Å². The Morgan fingerprint density at radius 1 is 1.06 bits per heavy atom. The number of ether oxygens (including phenoxy) is 2. The molecule has 1 saturated heterocycles. The molecule has 9 heteroatoms. The van der Waals surface area contributed by atoms with Gasteiger partial charge < -0.3 is 24.4 Å². The average Bonchev–Trinajstić information content (AvgIpc) is 3.39. The molecule has 0 spiro atoms. The Labute approximate surface area is 210 Å². The molecule has 36 heavy (non-hydrogen) atoms. The van der Waals surface area contributed by atoms with Crippen molar-refractivity contribution in [3.05, 3.63) is 77.1 Å². The number of carbonyl (C=O) groups excluding carboxylic acids is 2. The van der Waals surface area contributed by atoms with Gasteiger partial charge in [-0.1, -0.05) is 24.3 Å². The van der Waals surface area contributed by atoms with Crippen LogP contribution in [0, 0.1) is 6.92 Å². The number of Topliss-reactive ketones (excluding diaryl/α,β-unsaturated/α-hetero) is 1. The molecule has 188 valence electrons. The van der Waals surface area contributed by atoms with Crippen molar-refractivity contribution >= 4 is 17.4 Å². The first-order chi connectivity index (χ1) is 17.3. The number of rotatable bonds is 8. The van der Waals surface area contributed by atoms with E-state index < -0.39 is 17.7 Å². The second kappa shape index (κ2) is 10.2. The Bertz CT molecular complexity index is 1310. The third kappa shape index (κ3) is 4.45. The molecule has 2 aromatic carbocycles. The van der Waals surface area contributed by atoms with E-state index in [1.165, 1.54) is 25.3 Å². The molecule has 1 fully saturated rings. The molecule has 2 heterocycles. The first-order valence-electron chi connectivity index (χ1n) is 11.5. The summed E-state index contributed by atoms with van der Waals surface area (Å²) in [6.07, 6.45) is 1.51. The number of amides is 1. The normalized spacial score (nSPS) is 17.2. The minimum Gasteiger partial charge on any atom is -0.507 e. The number of likely N-dealkylation sites (N-methyl/N-ethyl adjacent to an activating group) is 1. The number of benzene rings is 2. The van der Waals surface area contributed by atoms with Gasteiger partial charge in [0.2, 0.25) is 0 Å². The zero-order valence-corrected chi connectivity index (χ0v) is 21.1. The van der Waals surface area contributed by atoms with Gasteiger partial charge in [-0.3, -0.25) is 9.59 Å². The van der Waals surface area contributed by atoms with Crippen LogP contribution in [0.2, 0.25) is 0 Å². The number of likely N-dealkylation sites (tertiary alicyclic amines) is 1. The fourth-order valence-electron chi connectivity index (χ4n) is 4.40. The van der Waals surface area contributed by atoms with Crippen LogP contribution < -0.4 is 9.47 Å². The van der Waals surface area contributed by atoms with E-state index in [0.717, 1.165) is 5.69 Å². The van der Waals surface area contributed by atoms with Gasteiger partial charge in [-0.25, -0.2) is 4.68 Å². The molecule has 1 aromatic heterocycles. The minimum absolute atomic E-state index is 0.0155. The molecule has 1 atom stereocenters. The van der Waals surface area contributed by atoms with Crippen LogP contribution in [0.25, 0.3) is 11.4 Å². The van der Waals surface area contributed by atoms with E-state index in [-0.39, 0.29) is 11.3 Å². The van der Waals surface area contributed by atoms with Crippen molar-refractivity contribution in [3.8, 4) is 17.2 Å². The van der Waals surface area contributed by atoms with E-state index >= 15 is 0 Å². The highest BCUT2D eigenvalue weighted by Gasteiger charge is 2.46. The van der Waals surface area contributed by atoms with Crippen LogP contribution in [-0.4, -0.2) is 77.8 Å². The summed E-state index contributed by atoms with van der Waals surface area (Å²) in [7, 11) is 6.84. The highest BCUT2D eigenvalue weighted by atomic mass is 16.5. The van der Waals surface area contributed by atoms with Gasteiger partial charge in [0.25, 0.3) is 11.7 Å². The van der Waals surface area contributed by atoms with Crippen molar-refractivity contribution in [1.82, 2.24) is 19.6 Å². The Kier molecular flexibility index (Phi) is 7.12. The Morgan fingerprint density at radius 2 is 1.75 bits per heavy atom. The number of aromatic nitrogens is 2. The molecular weight excluding hydrogens is 460 g/mol. The number of para-hydroxylation sites is 1. The number of nitrogens with zero attached hydrogens (tertiary/aromatic N) is 4. The van der Waals surface area contributed by atoms with Crippen molar-refractivity contribution < 1.29 is 24.2 Å². The maximum absolute atomic E-state index is 13.3. The maximum Gasteiger partial charge on any atom is 0.295 e. The molecule has 4 rings (SSSR count). The van der Waals surface area contributed by atoms with Crippen molar-refractivity contribution in [1.29, 1.82) is 0 Å². The summed E-state index contributed by atoms with van der Waals surface area (Å²) >= 11 is 0. The molecule has 0 bridgehead atoms. The van der Waals surface area contributed by atoms with Crippen LogP contribution >= 0.6 is 0 Å². The smallest absolute Gasteiger partial charge is 0.295 e. The lowest BCUT2D eigenvalue weighted by molar-refractivity contribution is -0.140. The topological polar surface area (TPSA) is 97.1 Å². The summed E-state index contributed by atoms with van der Waals surface area (Å²) in [5.41, 5.74) is 2.48. The second-order valence-electron chi connectivity index (χ2n) is 8.80. The van der Waals surface area contributed by atoms with Crippen LogP contribution in [0.1, 0.15) is 22.9 Å². The molecule has 0 radical (unpaired) electrons. The lowest BCUT2D eigenvalue weighted by Crippen LogP contribution is -2.35. The molecule has 0 saturated carbocycles. The quantitative estimate of drug-likeness (QED) is 0.294. The molecule has 1 aliphatic rings. The van der Waals surface area contributed by atoms with E-state index in [1.807, 2.05) is 56.3 Å². The van der Waals surface area contributed by atoms with Gasteiger partial charge in [-0.15, -0.1) is 0 Å². The summed E-state index contributed by atoms with van der Waals surface area (Å²) in [6, 6.07) is 13.9. The number of ketones is 1. The lowest BCUT2D eigenvalue weighted by atomic mass is 9.95. The fourth-order valence-corrected chi connectivity index (χ4v) is 4.40. The standard InChI is InChI=1S/C27H30N4O5/c1-17-20(16-28-31(17)19-9-7-6-8-10-19)25(32)23-24(18-11-12-21(35-4)22(15-18)36-5)30(14-13-29(2)3)27(34)26(23)33/h6-12,15-16,24,32H,13-14H2,1-5H3/t24-/m1/s1. The summed E-state index contributed by atoms with van der Waals surface area (Å²) < 4.78 is 12.5. The van der Waals surface area contributed by atoms with E-state index in [1.54, 1.807) is 22.9 Å². The van der Waals surface area contributed by atoms with Gasteiger partial charge >= 0.3 is 0 Å². The van der Waals surface area contributed by atoms with Crippen LogP contribution in [0.3, 0.4) is 0 Å². The molecule has 1 amide bonds. The Morgan fingerprint density at radius 3 is 2.39 bits per heavy atom. The first kappa shape index (κ1) is 25.0. The minimum atomic E-state index is -0.802. The number of carbonyl (C=O) groups is 2. The van der Waals surface area contributed by atoms with Gasteiger partial charge in [0, 0.05) is 13.1 Å². The zero-order valence-electron chi connectivity index (χ0n) is 21.1. The monoisotopic (exact) mass is 490 g/mol. The van der Waals surface area contributed by atoms with Gasteiger partial charge in [0.1, 0.15) is 5.76 Å². The average molecular weight is 491 g/mol. The first-order valence-corrected chi connectivity index (χ1v) is 11.5. The van der Waals surface area contributed by atoms with Crippen LogP contribution in [0.15, 0.2) is 60.3 Å². The molecule has 9 nitrogen and oxygen atoms in total. The summed E-state index contributed by atoms with van der Waals surface area (Å²) in [5, 5.41) is 15.9. The summed E-state index contributed by atoms with van der Waals surface area (Å²) in [4.78, 5) is 29.9. The van der Waals surface area contributed by atoms with Crippen molar-refractivity contribution in [2.45, 2.75) is 13.0 Å². The summed E-state index contributed by atoms with van der Waals surface area (Å²) in [6.45, 7) is 2.65. The number of hydrogen-bond acceptors (Lipinski definition) is 7. The number of aliphatic hydroxyl groups is 1. The van der Waals surface area contributed by atoms with Crippen molar-refractivity contribution in [2.24, 2.45) is 0 Å². The SMILES string of the molecule is COc1ccc([C@@H]2C(=C(O)c3cnn(-c4ccccc4)c3C)C(=O)C(=O)N2CCN(C)C)cc1OC. The molecule has 3 aromatic rings. The van der Waals surface area contributed by atoms with E-state index in [9.17, 15) is 14.7 Å². The molecule has 1 N–H and O–H groups in total. The third-order valence-electron chi connectivity index (χ3n) is 6.32. The summed E-state index contributed by atoms with van der Waals surface area (Å²) in [5.74, 6) is -0.683. The van der Waals surface area contributed by atoms with Crippen molar-refractivity contribution in [2.75, 3.05) is 41.4 Å². The maximum atomic E-state index is 13.3. The van der Waals surface area contributed by atoms with E-state index in [0.29, 0.717) is 41.4 Å². The molecular formula is C27H30N4O5. The van der Waals surface area contributed by atoms with Crippen LogP contribution in [0.5, 0.6) is 11.5 Å². The van der Waals surface area contributed by atoms with Crippen LogP contribution in [-0.2, 0) is 9.59 Å². The van der Waals surface area contributed by atoms with Gasteiger partial charge in [-0.2, -0.15) is 5.10 Å². The zero-order chi connectivity index (χ0) is 26.0. The predicted octanol–water partition coefficient (Wildman–Crippen LogP) is 3.18. The third-order valence-corrected chi connectivity index (χ3v) is 6.32. The largest absolute Gasteiger partial charge is 0.507 e. The van der Waals surface area contributed by atoms with Gasteiger partial charge in [0.05, 0.1) is 49.0 Å². The number of hydrogen-bond donors (Lipinski definition) is 1. The highest BCUT2D eigenvalue weighted by molar-refractivity contribution is 6.46. The second-order valence-corrected chi connectivity index (χ2v) is 8.80. The Balaban J connectivity index is 1.87. The number of aliphatic hydroxyl groups excluding tert-OH is 1. The van der Waals surface area contributed by atoms with Gasteiger partial charge in [-0.05, 0) is 50.8 Å². The van der Waals surface area contributed by atoms with Gasteiger partial charge in [0.15, 0.2) is 11.5 Å². The predicted molar refractivity (Wildman–Crippen MR) is 135 cm³/mol. The molecule has 0 unspecified atom stereocenters. The Hall–Kier alpha value is -4.11. The molecule has 1 aliphatic heterocycles. The highest BCUT2D eigenvalue weighted by Crippen LogP contribution is 2.42. The molecule has 0 aliphatic carbocycles. The lowest BCUT2D eigenvalue weighted by Gasteiger charge is -2.27. The number of methoxy groups -OCH3 is 2. The van der Waals surface area contributed by atoms with Crippen molar-refractivity contribution in [3.63, 3.8) is 0 Å². The van der Waals surface area contributed by atoms with Crippen LogP contribution in [0.4, 0.5) is 0 Å². The fraction of sp³-hybridized carbons (Fsp3) is 0.296. The van der Waals surface area contributed by atoms with E-state index in [2.05, 4.69) is 5.10 Å².